The fraction of sp³-hybridized carbons (Fsp3) is 0.944. The van der Waals surface area contributed by atoms with E-state index < -0.39 is 0 Å². The third-order valence-corrected chi connectivity index (χ3v) is 5.90. The second-order valence-electron chi connectivity index (χ2n) is 7.42. The average Bonchev–Trinajstić information content (AvgIpc) is 3.13. The summed E-state index contributed by atoms with van der Waals surface area (Å²) in [5.41, 5.74) is 0. The van der Waals surface area contributed by atoms with E-state index in [9.17, 15) is 4.79 Å². The number of piperazine rings is 1. The lowest BCUT2D eigenvalue weighted by molar-refractivity contribution is -0.127. The Morgan fingerprint density at radius 3 is 2.48 bits per heavy atom. The highest BCUT2D eigenvalue weighted by atomic mass is 16.5. The first-order valence-corrected chi connectivity index (χ1v) is 9.61. The molecule has 0 aromatic heterocycles. The van der Waals surface area contributed by atoms with E-state index in [2.05, 4.69) is 15.1 Å². The van der Waals surface area contributed by atoms with Gasteiger partial charge in [0, 0.05) is 45.4 Å². The maximum absolute atomic E-state index is 12.4. The number of nitrogens with zero attached hydrogens (tertiary/aromatic N) is 2. The first-order valence-electron chi connectivity index (χ1n) is 9.61. The standard InChI is InChI=1S/C18H33N3O2/c1-15(18(22)19-14-17-8-5-13-23-17)20-9-11-21(12-10-20)16-6-3-2-4-7-16/h15-17H,2-14H2,1H3,(H,19,22)/t15-,17-/m0/s1. The van der Waals surface area contributed by atoms with Gasteiger partial charge in [0.25, 0.3) is 0 Å². The Kier molecular flexibility index (Phi) is 6.31. The van der Waals surface area contributed by atoms with Gasteiger partial charge in [-0.1, -0.05) is 19.3 Å². The van der Waals surface area contributed by atoms with Crippen LogP contribution in [0.25, 0.3) is 0 Å². The maximum atomic E-state index is 12.4. The molecule has 5 nitrogen and oxygen atoms in total. The number of ether oxygens (including phenoxy) is 1. The van der Waals surface area contributed by atoms with Crippen LogP contribution in [0.1, 0.15) is 51.9 Å². The SMILES string of the molecule is C[C@@H](C(=O)NC[C@@H]1CCCO1)N1CCN(C2CCCCC2)CC1. The zero-order chi connectivity index (χ0) is 16.1. The molecule has 1 N–H and O–H groups in total. The van der Waals surface area contributed by atoms with Crippen molar-refractivity contribution in [2.45, 2.75) is 70.1 Å². The molecule has 3 rings (SSSR count). The Bertz CT molecular complexity index is 370. The summed E-state index contributed by atoms with van der Waals surface area (Å²) in [5.74, 6) is 0.159. The number of nitrogens with one attached hydrogen (secondary N) is 1. The summed E-state index contributed by atoms with van der Waals surface area (Å²) in [6.07, 6.45) is 9.38. The van der Waals surface area contributed by atoms with E-state index in [1.807, 2.05) is 6.92 Å². The summed E-state index contributed by atoms with van der Waals surface area (Å²) in [5, 5.41) is 3.08. The van der Waals surface area contributed by atoms with Crippen LogP contribution in [0.2, 0.25) is 0 Å². The van der Waals surface area contributed by atoms with Crippen LogP contribution in [0.3, 0.4) is 0 Å². The molecule has 0 unspecified atom stereocenters. The molecule has 1 saturated carbocycles. The highest BCUT2D eigenvalue weighted by molar-refractivity contribution is 5.81. The summed E-state index contributed by atoms with van der Waals surface area (Å²) in [7, 11) is 0. The Morgan fingerprint density at radius 2 is 1.83 bits per heavy atom. The zero-order valence-corrected chi connectivity index (χ0v) is 14.6. The van der Waals surface area contributed by atoms with Crippen LogP contribution in [0.4, 0.5) is 0 Å². The van der Waals surface area contributed by atoms with Crippen molar-refractivity contribution >= 4 is 5.91 Å². The number of carbonyl (C=O) groups is 1. The number of hydrogen-bond donors (Lipinski definition) is 1. The van der Waals surface area contributed by atoms with Gasteiger partial charge in [0.15, 0.2) is 0 Å². The van der Waals surface area contributed by atoms with Crippen molar-refractivity contribution in [3.8, 4) is 0 Å². The van der Waals surface area contributed by atoms with Crippen LogP contribution in [0.15, 0.2) is 0 Å². The topological polar surface area (TPSA) is 44.8 Å². The van der Waals surface area contributed by atoms with Gasteiger partial charge in [-0.25, -0.2) is 0 Å². The van der Waals surface area contributed by atoms with Gasteiger partial charge >= 0.3 is 0 Å². The molecular weight excluding hydrogens is 290 g/mol. The molecule has 23 heavy (non-hydrogen) atoms. The Labute approximate surface area is 140 Å². The molecule has 5 heteroatoms. The van der Waals surface area contributed by atoms with Crippen molar-refractivity contribution in [1.29, 1.82) is 0 Å². The van der Waals surface area contributed by atoms with Gasteiger partial charge in [0.1, 0.15) is 0 Å². The fourth-order valence-electron chi connectivity index (χ4n) is 4.27. The molecule has 0 radical (unpaired) electrons. The molecule has 0 bridgehead atoms. The molecule has 0 spiro atoms. The Morgan fingerprint density at radius 1 is 1.09 bits per heavy atom. The predicted octanol–water partition coefficient (Wildman–Crippen LogP) is 1.62. The summed E-state index contributed by atoms with van der Waals surface area (Å²) in [6.45, 7) is 7.84. The van der Waals surface area contributed by atoms with E-state index in [1.165, 1.54) is 32.1 Å². The van der Waals surface area contributed by atoms with E-state index in [1.54, 1.807) is 0 Å². The van der Waals surface area contributed by atoms with Gasteiger partial charge in [-0.05, 0) is 32.6 Å². The third kappa shape index (κ3) is 4.68. The molecule has 0 aromatic carbocycles. The van der Waals surface area contributed by atoms with E-state index in [-0.39, 0.29) is 18.1 Å². The minimum absolute atomic E-state index is 0.0232. The van der Waals surface area contributed by atoms with Crippen LogP contribution in [0, 0.1) is 0 Å². The molecular formula is C18H33N3O2. The Balaban J connectivity index is 1.38. The van der Waals surface area contributed by atoms with E-state index in [0.29, 0.717) is 6.54 Å². The molecule has 2 heterocycles. The molecule has 1 aliphatic carbocycles. The summed E-state index contributed by atoms with van der Waals surface area (Å²) in [6, 6.07) is 0.777. The number of rotatable bonds is 5. The highest BCUT2D eigenvalue weighted by Gasteiger charge is 2.29. The second kappa shape index (κ2) is 8.45. The number of carbonyl (C=O) groups excluding carboxylic acids is 1. The first kappa shape index (κ1) is 17.2. The normalized spacial score (nSPS) is 29.5. The van der Waals surface area contributed by atoms with Gasteiger partial charge in [-0.15, -0.1) is 0 Å². The summed E-state index contributed by atoms with van der Waals surface area (Å²) in [4.78, 5) is 17.4. The molecule has 3 fully saturated rings. The maximum Gasteiger partial charge on any atom is 0.237 e. The lowest BCUT2D eigenvalue weighted by atomic mass is 9.94. The monoisotopic (exact) mass is 323 g/mol. The first-order chi connectivity index (χ1) is 11.2. The van der Waals surface area contributed by atoms with E-state index >= 15 is 0 Å². The molecule has 2 aliphatic heterocycles. The molecule has 1 amide bonds. The van der Waals surface area contributed by atoms with Crippen molar-refractivity contribution in [1.82, 2.24) is 15.1 Å². The van der Waals surface area contributed by atoms with Crippen molar-refractivity contribution in [2.24, 2.45) is 0 Å². The van der Waals surface area contributed by atoms with Gasteiger partial charge in [0.05, 0.1) is 12.1 Å². The van der Waals surface area contributed by atoms with Crippen LogP contribution in [-0.4, -0.2) is 73.2 Å². The largest absolute Gasteiger partial charge is 0.376 e. The molecule has 0 aromatic rings. The van der Waals surface area contributed by atoms with Crippen molar-refractivity contribution < 1.29 is 9.53 Å². The number of hydrogen-bond acceptors (Lipinski definition) is 4. The lowest BCUT2D eigenvalue weighted by Gasteiger charge is -2.42. The molecule has 132 valence electrons. The van der Waals surface area contributed by atoms with Gasteiger partial charge in [0.2, 0.25) is 5.91 Å². The van der Waals surface area contributed by atoms with E-state index in [0.717, 1.165) is 51.7 Å². The molecule has 2 atom stereocenters. The van der Waals surface area contributed by atoms with Gasteiger partial charge < -0.3 is 10.1 Å². The zero-order valence-electron chi connectivity index (χ0n) is 14.6. The Hall–Kier alpha value is -0.650. The predicted molar refractivity (Wildman–Crippen MR) is 91.5 cm³/mol. The van der Waals surface area contributed by atoms with Crippen molar-refractivity contribution in [3.05, 3.63) is 0 Å². The lowest BCUT2D eigenvalue weighted by Crippen LogP contribution is -2.56. The van der Waals surface area contributed by atoms with Crippen LogP contribution < -0.4 is 5.32 Å². The smallest absolute Gasteiger partial charge is 0.237 e. The molecule has 2 saturated heterocycles. The highest BCUT2D eigenvalue weighted by Crippen LogP contribution is 2.23. The van der Waals surface area contributed by atoms with Gasteiger partial charge in [-0.3, -0.25) is 14.6 Å². The fourth-order valence-corrected chi connectivity index (χ4v) is 4.27. The van der Waals surface area contributed by atoms with Crippen molar-refractivity contribution in [3.63, 3.8) is 0 Å². The average molecular weight is 323 g/mol. The van der Waals surface area contributed by atoms with E-state index in [4.69, 9.17) is 4.74 Å². The number of amides is 1. The van der Waals surface area contributed by atoms with Crippen LogP contribution in [0.5, 0.6) is 0 Å². The van der Waals surface area contributed by atoms with Crippen LogP contribution in [-0.2, 0) is 9.53 Å². The quantitative estimate of drug-likeness (QED) is 0.835. The minimum atomic E-state index is -0.0232. The minimum Gasteiger partial charge on any atom is -0.376 e. The van der Waals surface area contributed by atoms with Crippen LogP contribution >= 0.6 is 0 Å². The van der Waals surface area contributed by atoms with Gasteiger partial charge in [-0.2, -0.15) is 0 Å². The van der Waals surface area contributed by atoms with Crippen molar-refractivity contribution in [2.75, 3.05) is 39.3 Å². The summed E-state index contributed by atoms with van der Waals surface area (Å²) >= 11 is 0. The molecule has 3 aliphatic rings. The second-order valence-corrected chi connectivity index (χ2v) is 7.42. The summed E-state index contributed by atoms with van der Waals surface area (Å²) < 4.78 is 5.57. The third-order valence-electron chi connectivity index (χ3n) is 5.90.